The summed E-state index contributed by atoms with van der Waals surface area (Å²) in [6.45, 7) is 8.73. The Morgan fingerprint density at radius 3 is 2.39 bits per heavy atom. The summed E-state index contributed by atoms with van der Waals surface area (Å²) in [5.41, 5.74) is 2.37. The Balaban J connectivity index is 1.27. The average molecular weight is 490 g/mol. The minimum atomic E-state index is -3.53. The number of aryl methyl sites for hydroxylation is 1. The van der Waals surface area contributed by atoms with Gasteiger partial charge < -0.3 is 5.32 Å². The molecule has 3 heterocycles. The summed E-state index contributed by atoms with van der Waals surface area (Å²) in [7, 11) is -3.53. The molecular formula is C25H35N3O3S2. The Morgan fingerprint density at radius 1 is 1.03 bits per heavy atom. The van der Waals surface area contributed by atoms with Gasteiger partial charge in [0.25, 0.3) is 10.0 Å². The van der Waals surface area contributed by atoms with Crippen LogP contribution in [0.4, 0.5) is 0 Å². The van der Waals surface area contributed by atoms with E-state index in [1.807, 2.05) is 13.0 Å². The van der Waals surface area contributed by atoms with Crippen LogP contribution in [0.1, 0.15) is 48.6 Å². The molecule has 1 amide bonds. The summed E-state index contributed by atoms with van der Waals surface area (Å²) in [4.78, 5) is 16.3. The molecule has 2 saturated heterocycles. The van der Waals surface area contributed by atoms with Crippen LogP contribution in [-0.4, -0.2) is 49.7 Å². The quantitative estimate of drug-likeness (QED) is 0.638. The van der Waals surface area contributed by atoms with E-state index in [9.17, 15) is 13.2 Å². The smallest absolute Gasteiger partial charge is 0.252 e. The van der Waals surface area contributed by atoms with Gasteiger partial charge in [0.2, 0.25) is 5.91 Å². The zero-order valence-corrected chi connectivity index (χ0v) is 21.3. The van der Waals surface area contributed by atoms with Gasteiger partial charge in [0.05, 0.1) is 5.92 Å². The van der Waals surface area contributed by atoms with E-state index in [0.717, 1.165) is 22.9 Å². The molecule has 1 unspecified atom stereocenters. The van der Waals surface area contributed by atoms with Gasteiger partial charge in [-0.15, -0.1) is 11.3 Å². The number of hydrogen-bond donors (Lipinski definition) is 1. The van der Waals surface area contributed by atoms with Gasteiger partial charge >= 0.3 is 0 Å². The van der Waals surface area contributed by atoms with Gasteiger partial charge in [0.15, 0.2) is 0 Å². The van der Waals surface area contributed by atoms with Crippen molar-refractivity contribution >= 4 is 27.3 Å². The molecule has 1 aromatic carbocycles. The SMILES string of the molecule is Cc1ccc(S(=O)(=O)N2CCCC(C(=O)NCc3ccc(CN4CCC(C)CC4)cc3)C2)s1. The van der Waals surface area contributed by atoms with Crippen molar-refractivity contribution in [2.24, 2.45) is 11.8 Å². The van der Waals surface area contributed by atoms with Crippen LogP contribution < -0.4 is 5.32 Å². The lowest BCUT2D eigenvalue weighted by Gasteiger charge is -2.31. The molecule has 180 valence electrons. The van der Waals surface area contributed by atoms with E-state index in [4.69, 9.17) is 0 Å². The number of nitrogens with zero attached hydrogens (tertiary/aromatic N) is 2. The second-order valence-corrected chi connectivity index (χ2v) is 13.0. The van der Waals surface area contributed by atoms with Crippen LogP contribution in [0.5, 0.6) is 0 Å². The molecule has 2 aliphatic heterocycles. The van der Waals surface area contributed by atoms with Crippen molar-refractivity contribution in [2.75, 3.05) is 26.2 Å². The molecule has 4 rings (SSSR count). The zero-order chi connectivity index (χ0) is 23.4. The topological polar surface area (TPSA) is 69.7 Å². The highest BCUT2D eigenvalue weighted by molar-refractivity contribution is 7.91. The fraction of sp³-hybridized carbons (Fsp3) is 0.560. The first-order valence-corrected chi connectivity index (χ1v) is 14.2. The van der Waals surface area contributed by atoms with E-state index in [0.29, 0.717) is 30.1 Å². The van der Waals surface area contributed by atoms with Crippen LogP contribution in [0.25, 0.3) is 0 Å². The van der Waals surface area contributed by atoms with Gasteiger partial charge in [0.1, 0.15) is 4.21 Å². The highest BCUT2D eigenvalue weighted by Gasteiger charge is 2.33. The van der Waals surface area contributed by atoms with Crippen LogP contribution in [0.15, 0.2) is 40.6 Å². The fourth-order valence-corrected chi connectivity index (χ4v) is 7.59. The molecule has 0 bridgehead atoms. The molecule has 0 radical (unpaired) electrons. The summed E-state index contributed by atoms with van der Waals surface area (Å²) < 4.78 is 27.7. The first kappa shape index (κ1) is 24.4. The van der Waals surface area contributed by atoms with Gasteiger partial charge in [-0.05, 0) is 74.9 Å². The number of amides is 1. The molecule has 8 heteroatoms. The minimum absolute atomic E-state index is 0.0660. The van der Waals surface area contributed by atoms with Crippen LogP contribution >= 0.6 is 11.3 Å². The van der Waals surface area contributed by atoms with Crippen molar-refractivity contribution in [2.45, 2.75) is 56.8 Å². The maximum absolute atomic E-state index is 12.9. The van der Waals surface area contributed by atoms with Gasteiger partial charge in [-0.2, -0.15) is 4.31 Å². The molecule has 2 aliphatic rings. The third kappa shape index (κ3) is 6.23. The number of hydrogen-bond acceptors (Lipinski definition) is 5. The standard InChI is InChI=1S/C25H35N3O3S2/c1-19-11-14-27(15-12-19)17-22-8-6-21(7-9-22)16-26-25(29)23-4-3-13-28(18-23)33(30,31)24-10-5-20(2)32-24/h5-10,19,23H,3-4,11-18H2,1-2H3,(H,26,29). The van der Waals surface area contributed by atoms with Crippen molar-refractivity contribution in [1.29, 1.82) is 0 Å². The molecule has 33 heavy (non-hydrogen) atoms. The third-order valence-corrected chi connectivity index (χ3v) is 10.2. The third-order valence-electron chi connectivity index (χ3n) is 6.84. The summed E-state index contributed by atoms with van der Waals surface area (Å²) in [6, 6.07) is 11.9. The first-order valence-electron chi connectivity index (χ1n) is 12.0. The minimum Gasteiger partial charge on any atom is -0.352 e. The van der Waals surface area contributed by atoms with Crippen molar-refractivity contribution in [1.82, 2.24) is 14.5 Å². The maximum Gasteiger partial charge on any atom is 0.252 e. The Hall–Kier alpha value is -1.74. The zero-order valence-electron chi connectivity index (χ0n) is 19.6. The van der Waals surface area contributed by atoms with E-state index < -0.39 is 10.0 Å². The highest BCUT2D eigenvalue weighted by atomic mass is 32.2. The fourth-order valence-electron chi connectivity index (χ4n) is 4.63. The lowest BCUT2D eigenvalue weighted by atomic mass is 9.98. The molecule has 1 N–H and O–H groups in total. The Labute approximate surface area is 202 Å². The maximum atomic E-state index is 12.9. The summed E-state index contributed by atoms with van der Waals surface area (Å²) >= 11 is 1.28. The van der Waals surface area contributed by atoms with Gasteiger partial charge in [0, 0.05) is 31.1 Å². The van der Waals surface area contributed by atoms with Crippen LogP contribution in [0.3, 0.4) is 0 Å². The molecule has 0 spiro atoms. The number of rotatable bonds is 7. The van der Waals surface area contributed by atoms with Gasteiger partial charge in [-0.3, -0.25) is 9.69 Å². The number of sulfonamides is 1. The molecule has 2 fully saturated rings. The van der Waals surface area contributed by atoms with Crippen LogP contribution in [0, 0.1) is 18.8 Å². The predicted molar refractivity (Wildman–Crippen MR) is 133 cm³/mol. The van der Waals surface area contributed by atoms with Crippen molar-refractivity contribution in [3.05, 3.63) is 52.4 Å². The lowest BCUT2D eigenvalue weighted by molar-refractivity contribution is -0.126. The summed E-state index contributed by atoms with van der Waals surface area (Å²) in [5.74, 6) is 0.461. The number of likely N-dealkylation sites (tertiary alicyclic amines) is 1. The van der Waals surface area contributed by atoms with E-state index >= 15 is 0 Å². The van der Waals surface area contributed by atoms with Crippen molar-refractivity contribution < 1.29 is 13.2 Å². The normalized spacial score (nSPS) is 21.2. The van der Waals surface area contributed by atoms with E-state index in [2.05, 4.69) is 41.4 Å². The molecule has 1 atom stereocenters. The van der Waals surface area contributed by atoms with Gasteiger partial charge in [-0.25, -0.2) is 8.42 Å². The largest absolute Gasteiger partial charge is 0.352 e. The number of thiophene rings is 1. The Bertz CT molecular complexity index is 1040. The predicted octanol–water partition coefficient (Wildman–Crippen LogP) is 4.01. The molecular weight excluding hydrogens is 454 g/mol. The van der Waals surface area contributed by atoms with Crippen molar-refractivity contribution in [3.8, 4) is 0 Å². The molecule has 0 saturated carbocycles. The highest BCUT2D eigenvalue weighted by Crippen LogP contribution is 2.28. The van der Waals surface area contributed by atoms with E-state index in [-0.39, 0.29) is 18.4 Å². The number of piperidine rings is 2. The molecule has 6 nitrogen and oxygen atoms in total. The number of carbonyl (C=O) groups is 1. The number of carbonyl (C=O) groups excluding carboxylic acids is 1. The number of nitrogens with one attached hydrogen (secondary N) is 1. The molecule has 2 aromatic rings. The van der Waals surface area contributed by atoms with Crippen LogP contribution in [0.2, 0.25) is 0 Å². The Kier molecular flexibility index (Phi) is 7.89. The summed E-state index contributed by atoms with van der Waals surface area (Å²) in [5, 5.41) is 3.02. The number of benzene rings is 1. The second kappa shape index (κ2) is 10.7. The first-order chi connectivity index (χ1) is 15.8. The van der Waals surface area contributed by atoms with E-state index in [1.165, 1.54) is 47.1 Å². The van der Waals surface area contributed by atoms with E-state index in [1.54, 1.807) is 6.07 Å². The van der Waals surface area contributed by atoms with Crippen molar-refractivity contribution in [3.63, 3.8) is 0 Å². The van der Waals surface area contributed by atoms with Gasteiger partial charge in [-0.1, -0.05) is 31.2 Å². The molecule has 1 aromatic heterocycles. The average Bonchev–Trinajstić information content (AvgIpc) is 3.27. The monoisotopic (exact) mass is 489 g/mol. The lowest BCUT2D eigenvalue weighted by Crippen LogP contribution is -2.45. The van der Waals surface area contributed by atoms with Crippen LogP contribution in [-0.2, 0) is 27.9 Å². The summed E-state index contributed by atoms with van der Waals surface area (Å²) in [6.07, 6.45) is 3.97. The second-order valence-electron chi connectivity index (χ2n) is 9.56. The molecule has 0 aliphatic carbocycles. The Morgan fingerprint density at radius 2 is 1.73 bits per heavy atom.